The number of esters is 1. The van der Waals surface area contributed by atoms with Crippen molar-refractivity contribution in [1.82, 2.24) is 0 Å². The van der Waals surface area contributed by atoms with E-state index in [9.17, 15) is 4.79 Å². The summed E-state index contributed by atoms with van der Waals surface area (Å²) in [7, 11) is 1.44. The molecule has 106 valence electrons. The van der Waals surface area contributed by atoms with E-state index in [-0.39, 0.29) is 5.97 Å². The van der Waals surface area contributed by atoms with Gasteiger partial charge < -0.3 is 10.1 Å². The molecule has 0 aromatic heterocycles. The van der Waals surface area contributed by atoms with E-state index in [0.29, 0.717) is 5.02 Å². The lowest BCUT2D eigenvalue weighted by atomic mass is 9.88. The highest BCUT2D eigenvalue weighted by atomic mass is 35.5. The SMILES string of the molecule is CCCC(CCC)(Nc1ccc(Cl)cc1)C(=O)OC. The number of nitrogens with one attached hydrogen (secondary N) is 1. The molecule has 0 aliphatic rings. The highest BCUT2D eigenvalue weighted by Crippen LogP contribution is 2.27. The maximum atomic E-state index is 12.2. The number of carbonyl (C=O) groups is 1. The van der Waals surface area contributed by atoms with Crippen molar-refractivity contribution in [2.75, 3.05) is 12.4 Å². The Hall–Kier alpha value is -1.22. The van der Waals surface area contributed by atoms with Gasteiger partial charge in [-0.2, -0.15) is 0 Å². The molecule has 1 aromatic carbocycles. The van der Waals surface area contributed by atoms with Crippen LogP contribution in [0.2, 0.25) is 5.02 Å². The third kappa shape index (κ3) is 4.13. The van der Waals surface area contributed by atoms with Gasteiger partial charge in [0.2, 0.25) is 0 Å². The topological polar surface area (TPSA) is 38.3 Å². The van der Waals surface area contributed by atoms with Crippen LogP contribution in [-0.2, 0) is 9.53 Å². The molecule has 0 bridgehead atoms. The molecule has 0 spiro atoms. The minimum Gasteiger partial charge on any atom is -0.467 e. The van der Waals surface area contributed by atoms with E-state index in [0.717, 1.165) is 31.4 Å². The molecule has 0 unspecified atom stereocenters. The Bertz CT molecular complexity index is 397. The Kier molecular flexibility index (Phi) is 6.16. The van der Waals surface area contributed by atoms with E-state index in [1.54, 1.807) is 0 Å². The zero-order chi connectivity index (χ0) is 14.3. The summed E-state index contributed by atoms with van der Waals surface area (Å²) < 4.78 is 4.99. The lowest BCUT2D eigenvalue weighted by Crippen LogP contribution is -2.47. The van der Waals surface area contributed by atoms with E-state index in [4.69, 9.17) is 16.3 Å². The van der Waals surface area contributed by atoms with E-state index in [1.807, 2.05) is 24.3 Å². The van der Waals surface area contributed by atoms with Gasteiger partial charge in [-0.15, -0.1) is 0 Å². The third-order valence-corrected chi connectivity index (χ3v) is 3.41. The van der Waals surface area contributed by atoms with E-state index < -0.39 is 5.54 Å². The van der Waals surface area contributed by atoms with Crippen molar-refractivity contribution in [2.24, 2.45) is 0 Å². The lowest BCUT2D eigenvalue weighted by molar-refractivity contribution is -0.146. The maximum absolute atomic E-state index is 12.2. The third-order valence-electron chi connectivity index (χ3n) is 3.16. The van der Waals surface area contributed by atoms with Crippen LogP contribution in [0.1, 0.15) is 39.5 Å². The summed E-state index contributed by atoms with van der Waals surface area (Å²) in [5.41, 5.74) is 0.239. The second-order valence-electron chi connectivity index (χ2n) is 4.71. The van der Waals surface area contributed by atoms with Gasteiger partial charge in [-0.25, -0.2) is 4.79 Å². The summed E-state index contributed by atoms with van der Waals surface area (Å²) >= 11 is 5.88. The van der Waals surface area contributed by atoms with Gasteiger partial charge in [0, 0.05) is 10.7 Å². The zero-order valence-corrected chi connectivity index (χ0v) is 12.6. The first kappa shape index (κ1) is 15.8. The molecule has 0 fully saturated rings. The van der Waals surface area contributed by atoms with Crippen LogP contribution in [0, 0.1) is 0 Å². The normalized spacial score (nSPS) is 11.2. The van der Waals surface area contributed by atoms with Crippen LogP contribution in [0.5, 0.6) is 0 Å². The first-order valence-electron chi connectivity index (χ1n) is 6.70. The molecule has 0 saturated carbocycles. The first-order valence-corrected chi connectivity index (χ1v) is 7.08. The van der Waals surface area contributed by atoms with Crippen LogP contribution < -0.4 is 5.32 Å². The Morgan fingerprint density at radius 1 is 1.21 bits per heavy atom. The summed E-state index contributed by atoms with van der Waals surface area (Å²) in [5.74, 6) is -0.203. The minimum absolute atomic E-state index is 0.203. The van der Waals surface area contributed by atoms with Gasteiger partial charge in [0.25, 0.3) is 0 Å². The van der Waals surface area contributed by atoms with Crippen molar-refractivity contribution < 1.29 is 9.53 Å². The van der Waals surface area contributed by atoms with Gasteiger partial charge >= 0.3 is 5.97 Å². The molecule has 0 aliphatic carbocycles. The molecule has 0 saturated heterocycles. The zero-order valence-electron chi connectivity index (χ0n) is 11.8. The highest BCUT2D eigenvalue weighted by Gasteiger charge is 2.37. The molecule has 0 heterocycles. The molecule has 1 N–H and O–H groups in total. The Morgan fingerprint density at radius 3 is 2.16 bits per heavy atom. The van der Waals surface area contributed by atoms with Crippen molar-refractivity contribution in [3.8, 4) is 0 Å². The number of hydrogen-bond donors (Lipinski definition) is 1. The standard InChI is InChI=1S/C15H22ClNO2/c1-4-10-15(11-5-2,14(18)19-3)17-13-8-6-12(16)7-9-13/h6-9,17H,4-5,10-11H2,1-3H3. The first-order chi connectivity index (χ1) is 9.07. The molecule has 1 rings (SSSR count). The van der Waals surface area contributed by atoms with Gasteiger partial charge in [-0.05, 0) is 37.1 Å². The van der Waals surface area contributed by atoms with Crippen LogP contribution in [0.15, 0.2) is 24.3 Å². The lowest BCUT2D eigenvalue weighted by Gasteiger charge is -2.32. The van der Waals surface area contributed by atoms with Crippen molar-refractivity contribution in [1.29, 1.82) is 0 Å². The number of benzene rings is 1. The summed E-state index contributed by atoms with van der Waals surface area (Å²) in [6, 6.07) is 7.38. The van der Waals surface area contributed by atoms with Gasteiger partial charge in [0.15, 0.2) is 0 Å². The number of halogens is 1. The van der Waals surface area contributed by atoms with Gasteiger partial charge in [0.05, 0.1) is 7.11 Å². The number of hydrogen-bond acceptors (Lipinski definition) is 3. The van der Waals surface area contributed by atoms with Crippen LogP contribution >= 0.6 is 11.6 Å². The van der Waals surface area contributed by atoms with Gasteiger partial charge in [-0.1, -0.05) is 38.3 Å². The number of rotatable bonds is 7. The molecule has 19 heavy (non-hydrogen) atoms. The van der Waals surface area contributed by atoms with Crippen molar-refractivity contribution >= 4 is 23.3 Å². The van der Waals surface area contributed by atoms with Crippen LogP contribution in [-0.4, -0.2) is 18.6 Å². The molecule has 4 heteroatoms. The summed E-state index contributed by atoms with van der Waals surface area (Å²) in [4.78, 5) is 12.2. The van der Waals surface area contributed by atoms with Crippen molar-refractivity contribution in [3.05, 3.63) is 29.3 Å². The van der Waals surface area contributed by atoms with E-state index in [2.05, 4.69) is 19.2 Å². The molecule has 0 atom stereocenters. The molecule has 1 aromatic rings. The molecular formula is C15H22ClNO2. The average molecular weight is 284 g/mol. The fourth-order valence-electron chi connectivity index (χ4n) is 2.36. The largest absolute Gasteiger partial charge is 0.467 e. The summed E-state index contributed by atoms with van der Waals surface area (Å²) in [5, 5.41) is 4.02. The quantitative estimate of drug-likeness (QED) is 0.760. The second-order valence-corrected chi connectivity index (χ2v) is 5.14. The molecule has 0 amide bonds. The number of carbonyl (C=O) groups excluding carboxylic acids is 1. The Morgan fingerprint density at radius 2 is 1.74 bits per heavy atom. The minimum atomic E-state index is -0.647. The summed E-state index contributed by atoms with van der Waals surface area (Å²) in [6.07, 6.45) is 3.32. The fourth-order valence-corrected chi connectivity index (χ4v) is 2.49. The second kappa shape index (κ2) is 7.39. The monoisotopic (exact) mass is 283 g/mol. The van der Waals surface area contributed by atoms with Crippen LogP contribution in [0.25, 0.3) is 0 Å². The summed E-state index contributed by atoms with van der Waals surface area (Å²) in [6.45, 7) is 4.13. The molecule has 3 nitrogen and oxygen atoms in total. The Labute approximate surface area is 120 Å². The highest BCUT2D eigenvalue weighted by molar-refractivity contribution is 6.30. The van der Waals surface area contributed by atoms with Crippen LogP contribution in [0.3, 0.4) is 0 Å². The number of methoxy groups -OCH3 is 1. The van der Waals surface area contributed by atoms with E-state index >= 15 is 0 Å². The molecule has 0 radical (unpaired) electrons. The van der Waals surface area contributed by atoms with Gasteiger partial charge in [0.1, 0.15) is 5.54 Å². The smallest absolute Gasteiger partial charge is 0.331 e. The fraction of sp³-hybridized carbons (Fsp3) is 0.533. The van der Waals surface area contributed by atoms with Gasteiger partial charge in [-0.3, -0.25) is 0 Å². The average Bonchev–Trinajstić information content (AvgIpc) is 2.41. The predicted molar refractivity (Wildman–Crippen MR) is 79.6 cm³/mol. The van der Waals surface area contributed by atoms with Crippen LogP contribution in [0.4, 0.5) is 5.69 Å². The Balaban J connectivity index is 3.00. The molecule has 0 aliphatic heterocycles. The van der Waals surface area contributed by atoms with Crippen molar-refractivity contribution in [2.45, 2.75) is 45.1 Å². The van der Waals surface area contributed by atoms with Crippen molar-refractivity contribution in [3.63, 3.8) is 0 Å². The van der Waals surface area contributed by atoms with E-state index in [1.165, 1.54) is 7.11 Å². The molecular weight excluding hydrogens is 262 g/mol. The predicted octanol–water partition coefficient (Wildman–Crippen LogP) is 4.26. The maximum Gasteiger partial charge on any atom is 0.331 e. The number of ether oxygens (including phenoxy) is 1. The number of anilines is 1.